The first-order chi connectivity index (χ1) is 15.2. The zero-order chi connectivity index (χ0) is 21.0. The summed E-state index contributed by atoms with van der Waals surface area (Å²) in [6.45, 7) is 0. The molecule has 2 N–H and O–H groups in total. The summed E-state index contributed by atoms with van der Waals surface area (Å²) in [6, 6.07) is 27.2. The van der Waals surface area contributed by atoms with Gasteiger partial charge >= 0.3 is 0 Å². The van der Waals surface area contributed by atoms with Gasteiger partial charge in [0, 0.05) is 41.5 Å². The number of benzene rings is 1. The monoisotopic (exact) mass is 577 g/mol. The van der Waals surface area contributed by atoms with Gasteiger partial charge in [0.15, 0.2) is 0 Å². The fourth-order valence-corrected chi connectivity index (χ4v) is 3.67. The molecule has 32 heavy (non-hydrogen) atoms. The number of hydrogen-bond donors (Lipinski definition) is 2. The fraction of sp³-hybridized carbons (Fsp3) is 0. The van der Waals surface area contributed by atoms with Crippen molar-refractivity contribution in [1.82, 2.24) is 19.9 Å². The Balaban J connectivity index is 0.000000265. The smallest absolute Gasteiger partial charge is 0.0659 e. The van der Waals surface area contributed by atoms with Crippen molar-refractivity contribution in [2.75, 3.05) is 0 Å². The number of nitrogens with one attached hydrogen (secondary N) is 2. The third-order valence-corrected chi connectivity index (χ3v) is 5.44. The molecule has 0 unspecified atom stereocenters. The quantitative estimate of drug-likeness (QED) is 0.119. The van der Waals surface area contributed by atoms with Gasteiger partial charge in [-0.1, -0.05) is 26.2 Å². The number of rotatable bonds is 0. The second-order valence-electron chi connectivity index (χ2n) is 7.12. The predicted octanol–water partition coefficient (Wildman–Crippen LogP) is 6.74. The number of nitrogens with zero attached hydrogens (tertiary/aromatic N) is 2. The van der Waals surface area contributed by atoms with E-state index >= 15 is 0 Å². The van der Waals surface area contributed by atoms with Crippen LogP contribution in [0.3, 0.4) is 0 Å². The van der Waals surface area contributed by atoms with Crippen LogP contribution in [0, 0.1) is 9.64 Å². The first-order valence-electron chi connectivity index (χ1n) is 9.86. The average Bonchev–Trinajstić information content (AvgIpc) is 3.55. The van der Waals surface area contributed by atoms with Gasteiger partial charge in [-0.15, -0.1) is 0 Å². The van der Waals surface area contributed by atoms with Crippen LogP contribution >= 0.6 is 22.6 Å². The topological polar surface area (TPSA) is 57.4 Å². The van der Waals surface area contributed by atoms with Gasteiger partial charge in [-0.3, -0.25) is 0 Å². The number of fused-ring (bicyclic) bond motifs is 8. The molecule has 4 nitrogen and oxygen atoms in total. The Morgan fingerprint density at radius 3 is 1.38 bits per heavy atom. The van der Waals surface area contributed by atoms with Gasteiger partial charge in [0.2, 0.25) is 0 Å². The van der Waals surface area contributed by atoms with Crippen LogP contribution in [0.1, 0.15) is 22.8 Å². The summed E-state index contributed by atoms with van der Waals surface area (Å²) in [5, 5.41) is 0. The summed E-state index contributed by atoms with van der Waals surface area (Å²) in [5.41, 5.74) is 7.86. The van der Waals surface area contributed by atoms with Gasteiger partial charge in [0.1, 0.15) is 0 Å². The molecule has 0 spiro atoms. The van der Waals surface area contributed by atoms with E-state index in [1.165, 1.54) is 3.57 Å². The predicted molar refractivity (Wildman–Crippen MR) is 137 cm³/mol. The summed E-state index contributed by atoms with van der Waals surface area (Å²) in [6.07, 6.45) is 8.05. The molecule has 8 bridgehead atoms. The Labute approximate surface area is 212 Å². The molecular formula is C26H18IN4Zn-. The van der Waals surface area contributed by atoms with E-state index in [1.807, 2.05) is 66.8 Å². The molecule has 5 heterocycles. The minimum atomic E-state index is 0. The van der Waals surface area contributed by atoms with Gasteiger partial charge in [-0.25, -0.2) is 9.97 Å². The molecule has 4 aromatic rings. The Hall–Kier alpha value is -2.83. The van der Waals surface area contributed by atoms with Crippen molar-refractivity contribution >= 4 is 69.0 Å². The molecule has 0 amide bonds. The van der Waals surface area contributed by atoms with Gasteiger partial charge in [0.25, 0.3) is 0 Å². The minimum Gasteiger partial charge on any atom is -0.355 e. The van der Waals surface area contributed by atoms with Crippen molar-refractivity contribution in [3.05, 3.63) is 105 Å². The van der Waals surface area contributed by atoms with Crippen molar-refractivity contribution in [2.45, 2.75) is 0 Å². The number of hydrogen-bond acceptors (Lipinski definition) is 2. The first-order valence-corrected chi connectivity index (χ1v) is 10.9. The summed E-state index contributed by atoms with van der Waals surface area (Å²) < 4.78 is 1.26. The maximum absolute atomic E-state index is 4.62. The molecule has 3 aromatic heterocycles. The number of halogens is 1. The number of H-pyrrole nitrogens is 2. The Morgan fingerprint density at radius 2 is 0.969 bits per heavy atom. The van der Waals surface area contributed by atoms with E-state index in [9.17, 15) is 0 Å². The molecule has 6 heteroatoms. The molecule has 152 valence electrons. The van der Waals surface area contributed by atoms with Gasteiger partial charge in [-0.2, -0.15) is 30.3 Å². The largest absolute Gasteiger partial charge is 0.355 e. The van der Waals surface area contributed by atoms with Crippen LogP contribution < -0.4 is 0 Å². The van der Waals surface area contributed by atoms with Crippen LogP contribution in [0.4, 0.5) is 0 Å². The van der Waals surface area contributed by atoms with Crippen molar-refractivity contribution < 1.29 is 19.5 Å². The molecule has 6 rings (SSSR count). The molecule has 0 atom stereocenters. The standard InChI is InChI=1S/C20H14N4.C6H4I.Zn/c1-2-14-10-16-5-6-18(23-16)12-20-8-7-19(24-20)11-17-4-3-15(22-17)9-13(1)21-14;7-6-4-2-1-3-5-6;/h1-12,21-22H;2-5H;/q;-1;. The Kier molecular flexibility index (Phi) is 7.13. The summed E-state index contributed by atoms with van der Waals surface area (Å²) >= 11 is 2.26. The molecule has 0 fully saturated rings. The van der Waals surface area contributed by atoms with Crippen LogP contribution in [0.15, 0.2) is 72.8 Å². The van der Waals surface area contributed by atoms with Crippen molar-refractivity contribution in [2.24, 2.45) is 0 Å². The van der Waals surface area contributed by atoms with Gasteiger partial charge in [0.05, 0.1) is 22.8 Å². The molecule has 1 aromatic carbocycles. The molecular weight excluding hydrogens is 561 g/mol. The molecule has 0 saturated heterocycles. The van der Waals surface area contributed by atoms with Crippen LogP contribution in [-0.2, 0) is 19.5 Å². The van der Waals surface area contributed by atoms with E-state index in [-0.39, 0.29) is 19.5 Å². The maximum Gasteiger partial charge on any atom is 0.0659 e. The van der Waals surface area contributed by atoms with Gasteiger partial charge in [-0.05, 0) is 72.8 Å². The first kappa shape index (κ1) is 22.4. The maximum atomic E-state index is 4.62. The molecule has 2 aliphatic rings. The van der Waals surface area contributed by atoms with Gasteiger partial charge < -0.3 is 9.97 Å². The van der Waals surface area contributed by atoms with Crippen molar-refractivity contribution in [1.29, 1.82) is 0 Å². The fourth-order valence-electron chi connectivity index (χ4n) is 3.31. The van der Waals surface area contributed by atoms with Crippen molar-refractivity contribution in [3.8, 4) is 0 Å². The summed E-state index contributed by atoms with van der Waals surface area (Å²) in [5.74, 6) is 0. The average molecular weight is 579 g/mol. The number of aromatic amines is 2. The number of aromatic nitrogens is 4. The normalized spacial score (nSPS) is 11.4. The third kappa shape index (κ3) is 5.69. The zero-order valence-electron chi connectivity index (χ0n) is 17.2. The molecule has 0 aliphatic carbocycles. The Morgan fingerprint density at radius 1 is 0.562 bits per heavy atom. The van der Waals surface area contributed by atoms with E-state index in [4.69, 9.17) is 0 Å². The van der Waals surface area contributed by atoms with E-state index in [0.29, 0.717) is 0 Å². The van der Waals surface area contributed by atoms with E-state index in [1.54, 1.807) is 0 Å². The third-order valence-electron chi connectivity index (χ3n) is 4.72. The van der Waals surface area contributed by atoms with Crippen LogP contribution in [0.25, 0.3) is 46.4 Å². The van der Waals surface area contributed by atoms with Crippen LogP contribution in [0.2, 0.25) is 0 Å². The molecule has 2 aliphatic heterocycles. The van der Waals surface area contributed by atoms with E-state index in [2.05, 4.69) is 78.9 Å². The summed E-state index contributed by atoms with van der Waals surface area (Å²) in [7, 11) is 0. The second kappa shape index (κ2) is 10.2. The van der Waals surface area contributed by atoms with Crippen molar-refractivity contribution in [3.63, 3.8) is 0 Å². The summed E-state index contributed by atoms with van der Waals surface area (Å²) in [4.78, 5) is 16.0. The van der Waals surface area contributed by atoms with Crippen LogP contribution in [0.5, 0.6) is 0 Å². The molecule has 0 radical (unpaired) electrons. The van der Waals surface area contributed by atoms with E-state index < -0.39 is 0 Å². The Bertz CT molecular complexity index is 1360. The second-order valence-corrected chi connectivity index (χ2v) is 8.37. The van der Waals surface area contributed by atoms with Crippen LogP contribution in [-0.4, -0.2) is 19.9 Å². The van der Waals surface area contributed by atoms with E-state index in [0.717, 1.165) is 44.8 Å². The SMILES string of the molecule is C1=Cc2cc3ccc(cc4ccc(cc5nc(cc1n2)C=C5)[nH]4)[nH]3.Ic1cc[c-]cc1.[Zn]. The minimum absolute atomic E-state index is 0. The zero-order valence-corrected chi connectivity index (χ0v) is 22.3. The molecule has 0 saturated carbocycles.